The molecule has 0 aromatic carbocycles. The van der Waals surface area contributed by atoms with Crippen molar-refractivity contribution < 1.29 is 17.8 Å². The van der Waals surface area contributed by atoms with Crippen LogP contribution in [0.5, 0.6) is 0 Å². The lowest BCUT2D eigenvalue weighted by Gasteiger charge is -2.25. The molecular weight excluding hydrogens is 256 g/mol. The van der Waals surface area contributed by atoms with Crippen molar-refractivity contribution in [3.8, 4) is 0 Å². The zero-order chi connectivity index (χ0) is 12.8. The van der Waals surface area contributed by atoms with Crippen molar-refractivity contribution >= 4 is 27.8 Å². The van der Waals surface area contributed by atoms with Crippen LogP contribution in [0.4, 0.5) is 0 Å². The number of rotatable bonds is 3. The summed E-state index contributed by atoms with van der Waals surface area (Å²) in [6.07, 6.45) is -0.0304. The molecule has 1 aliphatic rings. The van der Waals surface area contributed by atoms with Gasteiger partial charge in [0.2, 0.25) is 0 Å². The van der Waals surface area contributed by atoms with E-state index in [9.17, 15) is 13.2 Å². The van der Waals surface area contributed by atoms with Gasteiger partial charge in [-0.05, 0) is 27.2 Å². The van der Waals surface area contributed by atoms with E-state index < -0.39 is 33.0 Å². The van der Waals surface area contributed by atoms with Crippen LogP contribution in [0.3, 0.4) is 0 Å². The first kappa shape index (κ1) is 13.7. The molecule has 0 aromatic rings. The van der Waals surface area contributed by atoms with Gasteiger partial charge in [-0.3, -0.25) is 14.7 Å². The van der Waals surface area contributed by atoms with Crippen molar-refractivity contribution in [1.82, 2.24) is 9.74 Å². The van der Waals surface area contributed by atoms with Crippen LogP contribution in [-0.4, -0.2) is 40.3 Å². The Morgan fingerprint density at radius 1 is 1.44 bits per heavy atom. The van der Waals surface area contributed by atoms with E-state index in [1.807, 2.05) is 0 Å². The summed E-state index contributed by atoms with van der Waals surface area (Å²) in [5, 5.41) is 2.95. The number of carbonyl (C=O) groups is 1. The zero-order valence-electron chi connectivity index (χ0n) is 9.32. The molecule has 0 radical (unpaired) electrons. The van der Waals surface area contributed by atoms with Crippen LogP contribution >= 0.6 is 11.8 Å². The number of carbonyl (C=O) groups excluding carboxylic acids is 1. The fourth-order valence-electron chi connectivity index (χ4n) is 1.75. The Labute approximate surface area is 99.8 Å². The third-order valence-electron chi connectivity index (χ3n) is 2.58. The van der Waals surface area contributed by atoms with Gasteiger partial charge in [0.05, 0.1) is 11.3 Å². The fourth-order valence-corrected chi connectivity index (χ4v) is 2.65. The van der Waals surface area contributed by atoms with E-state index in [1.165, 1.54) is 0 Å². The van der Waals surface area contributed by atoms with E-state index >= 15 is 0 Å². The molecule has 16 heavy (non-hydrogen) atoms. The lowest BCUT2D eigenvalue weighted by molar-refractivity contribution is -0.129. The van der Waals surface area contributed by atoms with E-state index in [0.29, 0.717) is 0 Å². The summed E-state index contributed by atoms with van der Waals surface area (Å²) < 4.78 is 31.0. The Morgan fingerprint density at radius 3 is 2.25 bits per heavy atom. The average Bonchev–Trinajstić information content (AvgIpc) is 2.24. The molecule has 8 heteroatoms. The molecule has 0 aromatic heterocycles. The van der Waals surface area contributed by atoms with Gasteiger partial charge in [0.15, 0.2) is 0 Å². The van der Waals surface area contributed by atoms with Crippen molar-refractivity contribution in [2.75, 3.05) is 5.75 Å². The lowest BCUT2D eigenvalue weighted by atomic mass is 9.99. The van der Waals surface area contributed by atoms with Gasteiger partial charge in [-0.1, -0.05) is 0 Å². The van der Waals surface area contributed by atoms with Gasteiger partial charge >= 0.3 is 0 Å². The van der Waals surface area contributed by atoms with Crippen molar-refractivity contribution in [2.24, 2.45) is 0 Å². The highest BCUT2D eigenvalue weighted by atomic mass is 35.5. The smallest absolute Gasteiger partial charge is 0.264 e. The van der Waals surface area contributed by atoms with E-state index in [0.717, 1.165) is 4.42 Å². The maximum atomic E-state index is 11.8. The molecule has 1 amide bonds. The van der Waals surface area contributed by atoms with E-state index in [2.05, 4.69) is 5.32 Å². The maximum absolute atomic E-state index is 11.8. The first-order valence-corrected chi connectivity index (χ1v) is 6.68. The molecule has 6 nitrogen and oxygen atoms in total. The second-order valence-electron chi connectivity index (χ2n) is 4.64. The van der Waals surface area contributed by atoms with Crippen molar-refractivity contribution in [3.63, 3.8) is 0 Å². The van der Waals surface area contributed by atoms with Crippen molar-refractivity contribution in [3.05, 3.63) is 0 Å². The van der Waals surface area contributed by atoms with Gasteiger partial charge < -0.3 is 0 Å². The largest absolute Gasteiger partial charge is 0.286 e. The third-order valence-corrected chi connectivity index (χ3v) is 3.88. The van der Waals surface area contributed by atoms with Crippen molar-refractivity contribution in [2.45, 2.75) is 38.4 Å². The van der Waals surface area contributed by atoms with E-state index in [-0.39, 0.29) is 6.42 Å². The molecule has 1 heterocycles. The predicted molar refractivity (Wildman–Crippen MR) is 59.4 cm³/mol. The quantitative estimate of drug-likeness (QED) is 0.571. The molecule has 1 fully saturated rings. The number of nitrogens with zero attached hydrogens (tertiary/aromatic N) is 1. The summed E-state index contributed by atoms with van der Waals surface area (Å²) in [7, 11) is -4.08. The highest BCUT2D eigenvalue weighted by Gasteiger charge is 2.51. The Hall–Kier alpha value is -0.370. The molecule has 94 valence electrons. The molecule has 0 bridgehead atoms. The average molecular weight is 271 g/mol. The molecular formula is C8H15ClN2O4S. The van der Waals surface area contributed by atoms with Crippen LogP contribution < -0.4 is 5.32 Å². The highest BCUT2D eigenvalue weighted by Crippen LogP contribution is 2.31. The number of nitrogens with one attached hydrogen (secondary N) is 1. The fraction of sp³-hybridized carbons (Fsp3) is 0.875. The minimum absolute atomic E-state index is 0.0304. The summed E-state index contributed by atoms with van der Waals surface area (Å²) >= 11 is 5.80. The number of amides is 1. The van der Waals surface area contributed by atoms with E-state index in [1.54, 1.807) is 20.8 Å². The van der Waals surface area contributed by atoms with Gasteiger partial charge in [0.25, 0.3) is 16.0 Å². The van der Waals surface area contributed by atoms with Gasteiger partial charge in [-0.2, -0.15) is 8.42 Å². The lowest BCUT2D eigenvalue weighted by Crippen LogP contribution is -2.49. The van der Waals surface area contributed by atoms with Gasteiger partial charge in [-0.25, -0.2) is 4.42 Å². The zero-order valence-corrected chi connectivity index (χ0v) is 10.9. The predicted octanol–water partition coefficient (Wildman–Crippen LogP) is 0.345. The first-order valence-electron chi connectivity index (χ1n) is 4.73. The van der Waals surface area contributed by atoms with E-state index in [4.69, 9.17) is 16.3 Å². The summed E-state index contributed by atoms with van der Waals surface area (Å²) in [6, 6.07) is 0. The minimum Gasteiger partial charge on any atom is -0.286 e. The molecule has 0 aliphatic carbocycles. The van der Waals surface area contributed by atoms with Gasteiger partial charge in [0.1, 0.15) is 5.66 Å². The first-order chi connectivity index (χ1) is 6.98. The normalized spacial score (nSPS) is 29.8. The molecule has 0 saturated carbocycles. The number of halogens is 1. The summed E-state index contributed by atoms with van der Waals surface area (Å²) in [5.74, 6) is -0.883. The summed E-state index contributed by atoms with van der Waals surface area (Å²) in [6.45, 7) is 4.97. The van der Waals surface area contributed by atoms with Crippen LogP contribution in [0, 0.1) is 0 Å². The topological polar surface area (TPSA) is 86.7 Å². The molecule has 1 aliphatic heterocycles. The Kier molecular flexibility index (Phi) is 3.28. The molecule has 0 spiro atoms. The number of hydrogen-bond donors (Lipinski definition) is 2. The summed E-state index contributed by atoms with van der Waals surface area (Å²) in [4.78, 5) is 11.8. The number of hydrogen-bond acceptors (Lipinski definition) is 4. The second kappa shape index (κ2) is 3.83. The molecule has 1 unspecified atom stereocenters. The van der Waals surface area contributed by atoms with Gasteiger partial charge in [-0.15, -0.1) is 0 Å². The standard InChI is InChI=1S/C8H15ClN2O4S/c1-7(2)10-8(3,6(12)11(7)9)4-5-16(13,14)15/h10H,4-5H2,1-3H3,(H,13,14,15). The third kappa shape index (κ3) is 2.65. The second-order valence-corrected chi connectivity index (χ2v) is 6.55. The summed E-state index contributed by atoms with van der Waals surface area (Å²) in [5.41, 5.74) is -1.81. The van der Waals surface area contributed by atoms with Crippen LogP contribution in [0.2, 0.25) is 0 Å². The van der Waals surface area contributed by atoms with Gasteiger partial charge in [0, 0.05) is 11.8 Å². The Balaban J connectivity index is 2.84. The van der Waals surface area contributed by atoms with Crippen LogP contribution in [-0.2, 0) is 14.9 Å². The molecule has 1 atom stereocenters. The molecule has 2 N–H and O–H groups in total. The SMILES string of the molecule is CC1(CCS(=O)(=O)O)NC(C)(C)N(Cl)C1=O. The highest BCUT2D eigenvalue weighted by molar-refractivity contribution is 7.85. The maximum Gasteiger partial charge on any atom is 0.264 e. The van der Waals surface area contributed by atoms with Crippen LogP contribution in [0.25, 0.3) is 0 Å². The van der Waals surface area contributed by atoms with Crippen LogP contribution in [0.1, 0.15) is 27.2 Å². The molecule has 1 saturated heterocycles. The Morgan fingerprint density at radius 2 is 1.94 bits per heavy atom. The van der Waals surface area contributed by atoms with Crippen LogP contribution in [0.15, 0.2) is 0 Å². The van der Waals surface area contributed by atoms with Crippen molar-refractivity contribution in [1.29, 1.82) is 0 Å². The monoisotopic (exact) mass is 270 g/mol. The Bertz CT molecular complexity index is 408. The molecule has 1 rings (SSSR count). The minimum atomic E-state index is -4.08.